The van der Waals surface area contributed by atoms with Crippen molar-refractivity contribution in [3.8, 4) is 28.5 Å². The summed E-state index contributed by atoms with van der Waals surface area (Å²) in [5.74, 6) is 0.592. The van der Waals surface area contributed by atoms with Crippen LogP contribution in [0.25, 0.3) is 50.3 Å². The maximum Gasteiger partial charge on any atom is 0.237 e. The third-order valence-electron chi connectivity index (χ3n) is 9.98. The van der Waals surface area contributed by atoms with Crippen LogP contribution in [0.3, 0.4) is 0 Å². The van der Waals surface area contributed by atoms with Crippen molar-refractivity contribution in [3.05, 3.63) is 169 Å². The summed E-state index contributed by atoms with van der Waals surface area (Å²) in [5, 5.41) is 2.30. The molecule has 0 saturated heterocycles. The highest BCUT2D eigenvalue weighted by atomic mass is 15.2. The normalized spacial score (nSPS) is 12.1. The predicted molar refractivity (Wildman–Crippen MR) is 198 cm³/mol. The van der Waals surface area contributed by atoms with Gasteiger partial charge in [0.2, 0.25) is 5.95 Å². The van der Waals surface area contributed by atoms with E-state index in [1.54, 1.807) is 12.7 Å². The van der Waals surface area contributed by atoms with E-state index in [9.17, 15) is 0 Å². The molecule has 49 heavy (non-hydrogen) atoms. The highest BCUT2D eigenvalue weighted by Crippen LogP contribution is 2.41. The molecule has 6 nitrogen and oxygen atoms in total. The minimum Gasteiger partial charge on any atom is -0.278 e. The molecule has 4 heterocycles. The molecular weight excluding hydrogens is 601 g/mol. The van der Waals surface area contributed by atoms with E-state index in [1.807, 2.05) is 36.7 Å². The monoisotopic (exact) mass is 636 g/mol. The number of aromatic nitrogens is 6. The van der Waals surface area contributed by atoms with Crippen LogP contribution in [-0.2, 0) is 10.8 Å². The summed E-state index contributed by atoms with van der Waals surface area (Å²) in [4.78, 5) is 22.6. The second-order valence-corrected chi connectivity index (χ2v) is 13.6. The van der Waals surface area contributed by atoms with Gasteiger partial charge in [-0.15, -0.1) is 0 Å². The van der Waals surface area contributed by atoms with Gasteiger partial charge in [0.25, 0.3) is 0 Å². The Kier molecular flexibility index (Phi) is 7.37. The van der Waals surface area contributed by atoms with Crippen LogP contribution in [0.1, 0.15) is 49.9 Å². The summed E-state index contributed by atoms with van der Waals surface area (Å²) in [6.45, 7) is 9.12. The van der Waals surface area contributed by atoms with Gasteiger partial charge in [0.15, 0.2) is 0 Å². The van der Waals surface area contributed by atoms with E-state index in [1.165, 1.54) is 22.3 Å². The summed E-state index contributed by atoms with van der Waals surface area (Å²) < 4.78 is 2.18. The number of fused-ring (bicyclic) bond motifs is 3. The Hall–Kier alpha value is -6.01. The first-order valence-corrected chi connectivity index (χ1v) is 16.6. The number of hydrogen-bond donors (Lipinski definition) is 0. The lowest BCUT2D eigenvalue weighted by atomic mass is 9.77. The van der Waals surface area contributed by atoms with E-state index in [-0.39, 0.29) is 10.8 Å². The molecule has 6 heteroatoms. The molecule has 0 bridgehead atoms. The Bertz CT molecular complexity index is 2280. The molecule has 0 saturated carbocycles. The fraction of sp³-hybridized carbons (Fsp3) is 0.140. The Balaban J connectivity index is 1.27. The second-order valence-electron chi connectivity index (χ2n) is 13.6. The largest absolute Gasteiger partial charge is 0.278 e. The van der Waals surface area contributed by atoms with Crippen LogP contribution in [-0.4, -0.2) is 29.5 Å². The first-order valence-electron chi connectivity index (χ1n) is 16.6. The standard InChI is InChI=1S/C43H36N6/c1-42(2,31-13-9-11-29(23-31)37-15-5-7-21-45-37)33-17-19-35-36-20-18-34(26-40(36)49(39(35)25-33)41-47-27-44-28-48-41)43(3,4)32-14-10-12-30(24-32)38-16-6-8-22-46-38/h5-28H,1-4H3. The van der Waals surface area contributed by atoms with E-state index in [4.69, 9.17) is 0 Å². The third-order valence-corrected chi connectivity index (χ3v) is 9.98. The molecule has 8 aromatic rings. The Morgan fingerprint density at radius 2 is 0.918 bits per heavy atom. The summed E-state index contributed by atoms with van der Waals surface area (Å²) in [5.41, 5.74) is 10.5. The van der Waals surface area contributed by atoms with Crippen molar-refractivity contribution in [2.75, 3.05) is 0 Å². The maximum atomic E-state index is 4.64. The number of benzene rings is 4. The average Bonchev–Trinajstić information content (AvgIpc) is 3.49. The number of pyridine rings is 2. The van der Waals surface area contributed by atoms with Crippen molar-refractivity contribution in [2.24, 2.45) is 0 Å². The highest BCUT2D eigenvalue weighted by Gasteiger charge is 2.28. The first kappa shape index (κ1) is 30.3. The van der Waals surface area contributed by atoms with Crippen molar-refractivity contribution < 1.29 is 0 Å². The van der Waals surface area contributed by atoms with E-state index in [0.29, 0.717) is 5.95 Å². The molecule has 0 fully saturated rings. The fourth-order valence-electron chi connectivity index (χ4n) is 6.90. The summed E-state index contributed by atoms with van der Waals surface area (Å²) >= 11 is 0. The lowest BCUT2D eigenvalue weighted by Gasteiger charge is -2.27. The quantitative estimate of drug-likeness (QED) is 0.174. The third kappa shape index (κ3) is 5.35. The number of hydrogen-bond acceptors (Lipinski definition) is 5. The van der Waals surface area contributed by atoms with Gasteiger partial charge in [-0.05, 0) is 70.8 Å². The Morgan fingerprint density at radius 3 is 1.37 bits per heavy atom. The minimum atomic E-state index is -0.287. The molecule has 0 spiro atoms. The molecule has 0 amide bonds. The summed E-state index contributed by atoms with van der Waals surface area (Å²) in [6.07, 6.45) is 6.81. The van der Waals surface area contributed by atoms with Gasteiger partial charge in [-0.25, -0.2) is 15.0 Å². The van der Waals surface area contributed by atoms with Crippen LogP contribution in [0.15, 0.2) is 146 Å². The maximum absolute atomic E-state index is 4.64. The fourth-order valence-corrected chi connectivity index (χ4v) is 6.90. The summed E-state index contributed by atoms with van der Waals surface area (Å²) in [7, 11) is 0. The minimum absolute atomic E-state index is 0.287. The van der Waals surface area contributed by atoms with Gasteiger partial charge < -0.3 is 0 Å². The van der Waals surface area contributed by atoms with Gasteiger partial charge >= 0.3 is 0 Å². The Labute approximate surface area is 286 Å². The van der Waals surface area contributed by atoms with E-state index in [2.05, 4.69) is 154 Å². The second kappa shape index (κ2) is 11.9. The molecule has 0 atom stereocenters. The summed E-state index contributed by atoms with van der Waals surface area (Å²) in [6, 6.07) is 43.1. The van der Waals surface area contributed by atoms with Gasteiger partial charge in [-0.1, -0.05) is 100 Å². The van der Waals surface area contributed by atoms with Crippen molar-refractivity contribution in [1.82, 2.24) is 29.5 Å². The predicted octanol–water partition coefficient (Wildman–Crippen LogP) is 9.74. The van der Waals surface area contributed by atoms with Gasteiger partial charge in [0.1, 0.15) is 12.7 Å². The molecule has 0 unspecified atom stereocenters. The molecule has 0 aliphatic heterocycles. The van der Waals surface area contributed by atoms with Gasteiger partial charge in [-0.3, -0.25) is 14.5 Å². The van der Waals surface area contributed by atoms with Crippen LogP contribution in [0.2, 0.25) is 0 Å². The first-order chi connectivity index (χ1) is 23.8. The van der Waals surface area contributed by atoms with Crippen LogP contribution in [0, 0.1) is 0 Å². The Morgan fingerprint density at radius 1 is 0.449 bits per heavy atom. The van der Waals surface area contributed by atoms with Crippen molar-refractivity contribution in [2.45, 2.75) is 38.5 Å². The van der Waals surface area contributed by atoms with Gasteiger partial charge in [0, 0.05) is 45.1 Å². The molecular formula is C43H36N6. The molecule has 238 valence electrons. The van der Waals surface area contributed by atoms with Crippen LogP contribution < -0.4 is 0 Å². The molecule has 0 aliphatic carbocycles. The zero-order valence-corrected chi connectivity index (χ0v) is 28.0. The average molecular weight is 637 g/mol. The number of rotatable bonds is 7. The van der Waals surface area contributed by atoms with E-state index in [0.717, 1.165) is 44.3 Å². The zero-order valence-electron chi connectivity index (χ0n) is 28.0. The smallest absolute Gasteiger partial charge is 0.237 e. The number of nitrogens with zero attached hydrogens (tertiary/aromatic N) is 6. The molecule has 0 aliphatic rings. The van der Waals surface area contributed by atoms with Gasteiger partial charge in [-0.2, -0.15) is 0 Å². The molecule has 4 aromatic carbocycles. The van der Waals surface area contributed by atoms with Crippen molar-refractivity contribution in [1.29, 1.82) is 0 Å². The SMILES string of the molecule is CC(C)(c1cccc(-c2ccccn2)c1)c1ccc2c3ccc(C(C)(C)c4cccc(-c5ccccn5)c4)cc3n(-c3ncncn3)c2c1. The lowest BCUT2D eigenvalue weighted by molar-refractivity contribution is 0.641. The van der Waals surface area contributed by atoms with Crippen LogP contribution in [0.4, 0.5) is 0 Å². The molecule has 0 N–H and O–H groups in total. The zero-order chi connectivity index (χ0) is 33.6. The molecule has 0 radical (unpaired) electrons. The molecule has 4 aromatic heterocycles. The van der Waals surface area contributed by atoms with Crippen molar-refractivity contribution >= 4 is 21.8 Å². The van der Waals surface area contributed by atoms with Crippen LogP contribution in [0.5, 0.6) is 0 Å². The van der Waals surface area contributed by atoms with Gasteiger partial charge in [0.05, 0.1) is 22.4 Å². The topological polar surface area (TPSA) is 69.4 Å². The highest BCUT2D eigenvalue weighted by molar-refractivity contribution is 6.09. The van der Waals surface area contributed by atoms with E-state index >= 15 is 0 Å². The lowest BCUT2D eigenvalue weighted by Crippen LogP contribution is -2.19. The van der Waals surface area contributed by atoms with Crippen LogP contribution >= 0.6 is 0 Å². The molecule has 8 rings (SSSR count). The van der Waals surface area contributed by atoms with Crippen molar-refractivity contribution in [3.63, 3.8) is 0 Å². The van der Waals surface area contributed by atoms with E-state index < -0.39 is 0 Å².